The molecule has 128 valence electrons. The molecule has 2 rings (SSSR count). The number of halogens is 2. The quantitative estimate of drug-likeness (QED) is 0.831. The molecule has 0 heterocycles. The molecule has 23 heavy (non-hydrogen) atoms. The van der Waals surface area contributed by atoms with Gasteiger partial charge in [-0.05, 0) is 50.9 Å². The van der Waals surface area contributed by atoms with E-state index in [2.05, 4.69) is 10.2 Å². The maximum atomic E-state index is 14.2. The molecule has 1 atom stereocenters. The van der Waals surface area contributed by atoms with Crippen LogP contribution in [0, 0.1) is 11.6 Å². The first-order valence-electron chi connectivity index (χ1n) is 8.49. The Labute approximate surface area is 137 Å². The number of carbonyl (C=O) groups is 1. The van der Waals surface area contributed by atoms with Crippen molar-refractivity contribution in [2.24, 2.45) is 0 Å². The first kappa shape index (κ1) is 17.9. The number of hydrogen-bond acceptors (Lipinski definition) is 2. The topological polar surface area (TPSA) is 32.3 Å². The highest BCUT2D eigenvalue weighted by Crippen LogP contribution is 2.43. The Morgan fingerprint density at radius 1 is 1.22 bits per heavy atom. The molecular weight excluding hydrogens is 298 g/mol. The lowest BCUT2D eigenvalue weighted by molar-refractivity contribution is -0.130. The minimum absolute atomic E-state index is 0.00833. The minimum atomic E-state index is -0.896. The third kappa shape index (κ3) is 3.39. The van der Waals surface area contributed by atoms with Crippen LogP contribution in [0.15, 0.2) is 18.2 Å². The molecule has 1 unspecified atom stereocenters. The van der Waals surface area contributed by atoms with E-state index in [0.717, 1.165) is 19.5 Å². The van der Waals surface area contributed by atoms with Crippen LogP contribution in [0.2, 0.25) is 0 Å². The average Bonchev–Trinajstić information content (AvgIpc) is 2.49. The van der Waals surface area contributed by atoms with Crippen LogP contribution in [0.4, 0.5) is 8.78 Å². The van der Waals surface area contributed by atoms with Crippen LogP contribution < -0.4 is 5.32 Å². The van der Waals surface area contributed by atoms with Crippen molar-refractivity contribution in [3.63, 3.8) is 0 Å². The highest BCUT2D eigenvalue weighted by molar-refractivity contribution is 5.82. The Balaban J connectivity index is 2.26. The van der Waals surface area contributed by atoms with Crippen molar-refractivity contribution < 1.29 is 13.6 Å². The lowest BCUT2D eigenvalue weighted by Crippen LogP contribution is -2.57. The van der Waals surface area contributed by atoms with Gasteiger partial charge in [-0.2, -0.15) is 0 Å². The second-order valence-corrected chi connectivity index (χ2v) is 6.17. The van der Waals surface area contributed by atoms with Crippen molar-refractivity contribution in [2.75, 3.05) is 13.1 Å². The first-order valence-corrected chi connectivity index (χ1v) is 8.49. The summed E-state index contributed by atoms with van der Waals surface area (Å²) in [5.74, 6) is -1.31. The van der Waals surface area contributed by atoms with E-state index in [9.17, 15) is 13.6 Å². The zero-order valence-corrected chi connectivity index (χ0v) is 14.2. The maximum Gasteiger partial charge on any atom is 0.238 e. The SMILES string of the molecule is CCC(C(=O)NC1(c2c(F)cccc2F)CCC1)N(CC)CC. The van der Waals surface area contributed by atoms with Gasteiger partial charge >= 0.3 is 0 Å². The number of hydrogen-bond donors (Lipinski definition) is 1. The molecule has 1 aromatic carbocycles. The van der Waals surface area contributed by atoms with Gasteiger partial charge in [-0.25, -0.2) is 8.78 Å². The maximum absolute atomic E-state index is 14.2. The molecule has 0 bridgehead atoms. The Morgan fingerprint density at radius 3 is 2.17 bits per heavy atom. The standard InChI is InChI=1S/C18H26F2N2O/c1-4-15(22(5-2)6-3)17(23)21-18(11-8-12-18)16-13(19)9-7-10-14(16)20/h7,9-10,15H,4-6,8,11-12H2,1-3H3,(H,21,23). The molecule has 1 aliphatic rings. The number of amides is 1. The van der Waals surface area contributed by atoms with E-state index in [1.165, 1.54) is 18.2 Å². The fourth-order valence-electron chi connectivity index (χ4n) is 3.52. The van der Waals surface area contributed by atoms with Crippen LogP contribution in [-0.2, 0) is 10.3 Å². The summed E-state index contributed by atoms with van der Waals surface area (Å²) in [5.41, 5.74) is -0.887. The van der Waals surface area contributed by atoms with Gasteiger partial charge in [0, 0.05) is 5.56 Å². The van der Waals surface area contributed by atoms with Gasteiger partial charge in [-0.3, -0.25) is 9.69 Å². The van der Waals surface area contributed by atoms with E-state index in [0.29, 0.717) is 19.3 Å². The molecule has 0 aromatic heterocycles. The summed E-state index contributed by atoms with van der Waals surface area (Å²) in [4.78, 5) is 14.8. The third-order valence-electron chi connectivity index (χ3n) is 4.95. The zero-order chi connectivity index (χ0) is 17.0. The van der Waals surface area contributed by atoms with E-state index < -0.39 is 17.2 Å². The van der Waals surface area contributed by atoms with Crippen molar-refractivity contribution in [3.05, 3.63) is 35.4 Å². The molecule has 1 amide bonds. The van der Waals surface area contributed by atoms with Gasteiger partial charge in [-0.15, -0.1) is 0 Å². The van der Waals surface area contributed by atoms with Gasteiger partial charge in [-0.1, -0.05) is 26.8 Å². The summed E-state index contributed by atoms with van der Waals surface area (Å²) >= 11 is 0. The highest BCUT2D eigenvalue weighted by atomic mass is 19.1. The number of likely N-dealkylation sites (N-methyl/N-ethyl adjacent to an activating group) is 1. The molecular formula is C18H26F2N2O. The molecule has 1 fully saturated rings. The minimum Gasteiger partial charge on any atom is -0.345 e. The summed E-state index contributed by atoms with van der Waals surface area (Å²) in [5, 5.41) is 2.97. The molecule has 1 aromatic rings. The first-order chi connectivity index (χ1) is 11.0. The van der Waals surface area contributed by atoms with Crippen molar-refractivity contribution in [3.8, 4) is 0 Å². The molecule has 0 aliphatic heterocycles. The number of rotatable bonds is 7. The van der Waals surface area contributed by atoms with Crippen LogP contribution in [0.25, 0.3) is 0 Å². The van der Waals surface area contributed by atoms with Gasteiger partial charge in [0.1, 0.15) is 11.6 Å². The van der Waals surface area contributed by atoms with Crippen molar-refractivity contribution >= 4 is 5.91 Å². The second kappa shape index (κ2) is 7.39. The van der Waals surface area contributed by atoms with Crippen LogP contribution in [0.5, 0.6) is 0 Å². The number of nitrogens with one attached hydrogen (secondary N) is 1. The highest BCUT2D eigenvalue weighted by Gasteiger charge is 2.45. The van der Waals surface area contributed by atoms with Gasteiger partial charge in [0.2, 0.25) is 5.91 Å². The predicted octanol–water partition coefficient (Wildman–Crippen LogP) is 3.58. The fourth-order valence-corrected chi connectivity index (χ4v) is 3.52. The summed E-state index contributed by atoms with van der Waals surface area (Å²) in [6.07, 6.45) is 2.68. The Morgan fingerprint density at radius 2 is 1.78 bits per heavy atom. The second-order valence-electron chi connectivity index (χ2n) is 6.17. The average molecular weight is 324 g/mol. The summed E-state index contributed by atoms with van der Waals surface area (Å²) in [7, 11) is 0. The van der Waals surface area contributed by atoms with E-state index >= 15 is 0 Å². The summed E-state index contributed by atoms with van der Waals surface area (Å²) in [6.45, 7) is 7.51. The van der Waals surface area contributed by atoms with Gasteiger partial charge in [0.15, 0.2) is 0 Å². The molecule has 1 aliphatic carbocycles. The summed E-state index contributed by atoms with van der Waals surface area (Å²) in [6, 6.07) is 3.60. The van der Waals surface area contributed by atoms with E-state index in [1.807, 2.05) is 20.8 Å². The Bertz CT molecular complexity index is 534. The molecule has 0 radical (unpaired) electrons. The number of carbonyl (C=O) groups excluding carboxylic acids is 1. The molecule has 0 spiro atoms. The molecule has 3 nitrogen and oxygen atoms in total. The monoisotopic (exact) mass is 324 g/mol. The smallest absolute Gasteiger partial charge is 0.238 e. The molecule has 5 heteroatoms. The molecule has 1 N–H and O–H groups in total. The third-order valence-corrected chi connectivity index (χ3v) is 4.95. The number of benzene rings is 1. The van der Waals surface area contributed by atoms with Crippen LogP contribution in [0.3, 0.4) is 0 Å². The van der Waals surface area contributed by atoms with Crippen molar-refractivity contribution in [1.29, 1.82) is 0 Å². The Kier molecular flexibility index (Phi) is 5.74. The van der Waals surface area contributed by atoms with Crippen molar-refractivity contribution in [2.45, 2.75) is 58.0 Å². The van der Waals surface area contributed by atoms with Gasteiger partial charge < -0.3 is 5.32 Å². The van der Waals surface area contributed by atoms with Gasteiger partial charge in [0.25, 0.3) is 0 Å². The van der Waals surface area contributed by atoms with Crippen LogP contribution in [0.1, 0.15) is 52.0 Å². The fraction of sp³-hybridized carbons (Fsp3) is 0.611. The lowest BCUT2D eigenvalue weighted by Gasteiger charge is -2.44. The van der Waals surface area contributed by atoms with Crippen molar-refractivity contribution in [1.82, 2.24) is 10.2 Å². The molecule has 1 saturated carbocycles. The van der Waals surface area contributed by atoms with E-state index in [-0.39, 0.29) is 17.5 Å². The Hall–Kier alpha value is -1.49. The molecule has 0 saturated heterocycles. The van der Waals surface area contributed by atoms with Gasteiger partial charge in [0.05, 0.1) is 11.6 Å². The normalized spacial score (nSPS) is 17.7. The zero-order valence-electron chi connectivity index (χ0n) is 14.2. The van der Waals surface area contributed by atoms with E-state index in [4.69, 9.17) is 0 Å². The van der Waals surface area contributed by atoms with Crippen LogP contribution >= 0.6 is 0 Å². The number of nitrogens with zero attached hydrogens (tertiary/aromatic N) is 1. The predicted molar refractivity (Wildman–Crippen MR) is 87.0 cm³/mol. The lowest BCUT2D eigenvalue weighted by atomic mass is 9.71. The van der Waals surface area contributed by atoms with E-state index in [1.54, 1.807) is 0 Å². The largest absolute Gasteiger partial charge is 0.345 e. The summed E-state index contributed by atoms with van der Waals surface area (Å²) < 4.78 is 28.4. The van der Waals surface area contributed by atoms with Crippen LogP contribution in [-0.4, -0.2) is 29.9 Å².